The van der Waals surface area contributed by atoms with E-state index in [-0.39, 0.29) is 11.8 Å². The maximum Gasteiger partial charge on any atom is 0.237 e. The molecule has 4 nitrogen and oxygen atoms in total. The Labute approximate surface area is 143 Å². The predicted molar refractivity (Wildman–Crippen MR) is 95.9 cm³/mol. The number of hydrogen-bond acceptors (Lipinski definition) is 3. The van der Waals surface area contributed by atoms with Gasteiger partial charge >= 0.3 is 0 Å². The van der Waals surface area contributed by atoms with Crippen molar-refractivity contribution in [1.29, 1.82) is 0 Å². The maximum absolute atomic E-state index is 12.3. The SMILES string of the molecule is CCCN(CCC)C(=O)CCCN1C(=O)CSc2ccccc21. The van der Waals surface area contributed by atoms with Gasteiger partial charge in [0.1, 0.15) is 0 Å². The van der Waals surface area contributed by atoms with E-state index in [1.807, 2.05) is 28.0 Å². The first kappa shape index (κ1) is 17.9. The molecule has 0 radical (unpaired) electrons. The summed E-state index contributed by atoms with van der Waals surface area (Å²) in [6.07, 6.45) is 3.20. The van der Waals surface area contributed by atoms with Crippen molar-refractivity contribution >= 4 is 29.3 Å². The lowest BCUT2D eigenvalue weighted by Gasteiger charge is -2.29. The summed E-state index contributed by atoms with van der Waals surface area (Å²) in [5.41, 5.74) is 0.986. The molecule has 23 heavy (non-hydrogen) atoms. The average molecular weight is 334 g/mol. The molecular weight excluding hydrogens is 308 g/mol. The predicted octanol–water partition coefficient (Wildman–Crippen LogP) is 3.55. The van der Waals surface area contributed by atoms with Gasteiger partial charge in [-0.25, -0.2) is 0 Å². The first-order valence-corrected chi connectivity index (χ1v) is 9.45. The molecular formula is C18H26N2O2S. The third-order valence-corrected chi connectivity index (χ3v) is 4.97. The van der Waals surface area contributed by atoms with Crippen LogP contribution >= 0.6 is 11.8 Å². The molecule has 2 amide bonds. The summed E-state index contributed by atoms with van der Waals surface area (Å²) in [5.74, 6) is 0.837. The summed E-state index contributed by atoms with van der Waals surface area (Å²) < 4.78 is 0. The smallest absolute Gasteiger partial charge is 0.237 e. The Morgan fingerprint density at radius 3 is 2.61 bits per heavy atom. The third-order valence-electron chi connectivity index (χ3n) is 3.92. The van der Waals surface area contributed by atoms with Crippen LogP contribution in [0.5, 0.6) is 0 Å². The molecule has 0 spiro atoms. The highest BCUT2D eigenvalue weighted by Crippen LogP contribution is 2.34. The van der Waals surface area contributed by atoms with E-state index in [0.717, 1.165) is 36.5 Å². The van der Waals surface area contributed by atoms with Crippen molar-refractivity contribution in [1.82, 2.24) is 4.90 Å². The van der Waals surface area contributed by atoms with Crippen molar-refractivity contribution in [2.24, 2.45) is 0 Å². The molecule has 5 heteroatoms. The van der Waals surface area contributed by atoms with E-state index in [0.29, 0.717) is 25.1 Å². The van der Waals surface area contributed by atoms with Gasteiger partial charge < -0.3 is 9.80 Å². The zero-order valence-corrected chi connectivity index (χ0v) is 14.9. The van der Waals surface area contributed by atoms with Crippen molar-refractivity contribution < 1.29 is 9.59 Å². The van der Waals surface area contributed by atoms with Crippen LogP contribution in [0.3, 0.4) is 0 Å². The molecule has 0 aliphatic carbocycles. The molecule has 1 heterocycles. The Kier molecular flexibility index (Phi) is 6.96. The average Bonchev–Trinajstić information content (AvgIpc) is 2.56. The van der Waals surface area contributed by atoms with Gasteiger partial charge in [0.25, 0.3) is 0 Å². The Hall–Kier alpha value is -1.49. The van der Waals surface area contributed by atoms with E-state index in [4.69, 9.17) is 0 Å². The van der Waals surface area contributed by atoms with E-state index >= 15 is 0 Å². The molecule has 1 aromatic rings. The normalized spacial score (nSPS) is 13.8. The van der Waals surface area contributed by atoms with Gasteiger partial charge in [0.15, 0.2) is 0 Å². The molecule has 2 rings (SSSR count). The highest BCUT2D eigenvalue weighted by atomic mass is 32.2. The Bertz CT molecular complexity index is 542. The lowest BCUT2D eigenvalue weighted by Crippen LogP contribution is -2.37. The molecule has 0 aromatic heterocycles. The van der Waals surface area contributed by atoms with Crippen LogP contribution in [0, 0.1) is 0 Å². The molecule has 1 aliphatic rings. The molecule has 126 valence electrons. The van der Waals surface area contributed by atoms with Crippen LogP contribution < -0.4 is 4.90 Å². The van der Waals surface area contributed by atoms with Gasteiger partial charge in [-0.15, -0.1) is 11.8 Å². The number of nitrogens with zero attached hydrogens (tertiary/aromatic N) is 2. The maximum atomic E-state index is 12.3. The lowest BCUT2D eigenvalue weighted by molar-refractivity contribution is -0.131. The number of carbonyl (C=O) groups excluding carboxylic acids is 2. The standard InChI is InChI=1S/C18H26N2O2S/c1-3-11-19(12-4-2)17(21)10-7-13-20-15-8-5-6-9-16(15)23-14-18(20)22/h5-6,8-9H,3-4,7,10-14H2,1-2H3. The molecule has 0 saturated heterocycles. The van der Waals surface area contributed by atoms with Crippen LogP contribution in [0.2, 0.25) is 0 Å². The quantitative estimate of drug-likeness (QED) is 0.730. The Morgan fingerprint density at radius 1 is 1.22 bits per heavy atom. The van der Waals surface area contributed by atoms with Crippen LogP contribution in [0.1, 0.15) is 39.5 Å². The number of benzene rings is 1. The molecule has 0 saturated carbocycles. The zero-order valence-electron chi connectivity index (χ0n) is 14.1. The van der Waals surface area contributed by atoms with Gasteiger partial charge in [-0.05, 0) is 31.4 Å². The van der Waals surface area contributed by atoms with Crippen molar-refractivity contribution in [3.63, 3.8) is 0 Å². The minimum absolute atomic E-state index is 0.139. The Balaban J connectivity index is 1.90. The molecule has 0 bridgehead atoms. The lowest BCUT2D eigenvalue weighted by atomic mass is 10.2. The Morgan fingerprint density at radius 2 is 1.91 bits per heavy atom. The highest BCUT2D eigenvalue weighted by Gasteiger charge is 2.24. The largest absolute Gasteiger partial charge is 0.343 e. The van der Waals surface area contributed by atoms with Gasteiger partial charge in [0, 0.05) is 31.0 Å². The summed E-state index contributed by atoms with van der Waals surface area (Å²) in [4.78, 5) is 29.4. The summed E-state index contributed by atoms with van der Waals surface area (Å²) in [6.45, 7) is 6.46. The van der Waals surface area contributed by atoms with Crippen LogP contribution in [-0.4, -0.2) is 42.1 Å². The number of anilines is 1. The van der Waals surface area contributed by atoms with Crippen LogP contribution in [0.25, 0.3) is 0 Å². The zero-order chi connectivity index (χ0) is 16.7. The van der Waals surface area contributed by atoms with Crippen molar-refractivity contribution in [3.05, 3.63) is 24.3 Å². The molecule has 0 fully saturated rings. The second-order valence-electron chi connectivity index (χ2n) is 5.79. The van der Waals surface area contributed by atoms with Gasteiger partial charge in [-0.2, -0.15) is 0 Å². The fourth-order valence-corrected chi connectivity index (χ4v) is 3.78. The van der Waals surface area contributed by atoms with Gasteiger partial charge in [0.05, 0.1) is 11.4 Å². The van der Waals surface area contributed by atoms with Gasteiger partial charge in [-0.1, -0.05) is 26.0 Å². The van der Waals surface area contributed by atoms with Crippen LogP contribution in [0.4, 0.5) is 5.69 Å². The molecule has 1 aromatic carbocycles. The first-order valence-electron chi connectivity index (χ1n) is 8.47. The molecule has 0 atom stereocenters. The number of fused-ring (bicyclic) bond motifs is 1. The van der Waals surface area contributed by atoms with E-state index < -0.39 is 0 Å². The number of hydrogen-bond donors (Lipinski definition) is 0. The summed E-state index contributed by atoms with van der Waals surface area (Å²) in [5, 5.41) is 0. The minimum Gasteiger partial charge on any atom is -0.343 e. The number of rotatable bonds is 8. The fourth-order valence-electron chi connectivity index (χ4n) is 2.85. The van der Waals surface area contributed by atoms with Crippen molar-refractivity contribution in [2.75, 3.05) is 30.3 Å². The first-order chi connectivity index (χ1) is 11.2. The summed E-state index contributed by atoms with van der Waals surface area (Å²) >= 11 is 1.59. The van der Waals surface area contributed by atoms with E-state index in [1.54, 1.807) is 11.8 Å². The van der Waals surface area contributed by atoms with Gasteiger partial charge in [0.2, 0.25) is 11.8 Å². The second-order valence-corrected chi connectivity index (χ2v) is 6.80. The van der Waals surface area contributed by atoms with Gasteiger partial charge in [-0.3, -0.25) is 9.59 Å². The minimum atomic E-state index is 0.139. The van der Waals surface area contributed by atoms with E-state index in [1.165, 1.54) is 0 Å². The van der Waals surface area contributed by atoms with Crippen molar-refractivity contribution in [3.8, 4) is 0 Å². The molecule has 1 aliphatic heterocycles. The fraction of sp³-hybridized carbons (Fsp3) is 0.556. The topological polar surface area (TPSA) is 40.6 Å². The van der Waals surface area contributed by atoms with E-state index in [9.17, 15) is 9.59 Å². The van der Waals surface area contributed by atoms with Crippen molar-refractivity contribution in [2.45, 2.75) is 44.4 Å². The number of para-hydroxylation sites is 1. The van der Waals surface area contributed by atoms with Crippen LogP contribution in [0.15, 0.2) is 29.2 Å². The highest BCUT2D eigenvalue weighted by molar-refractivity contribution is 8.00. The third kappa shape index (κ3) is 4.74. The second kappa shape index (κ2) is 8.96. The summed E-state index contributed by atoms with van der Waals surface area (Å²) in [6, 6.07) is 7.99. The van der Waals surface area contributed by atoms with E-state index in [2.05, 4.69) is 19.9 Å². The monoisotopic (exact) mass is 334 g/mol. The number of carbonyl (C=O) groups is 2. The van der Waals surface area contributed by atoms with Crippen LogP contribution in [-0.2, 0) is 9.59 Å². The molecule has 0 N–H and O–H groups in total. The number of thioether (sulfide) groups is 1. The summed E-state index contributed by atoms with van der Waals surface area (Å²) in [7, 11) is 0. The molecule has 0 unspecified atom stereocenters. The number of amides is 2.